The quantitative estimate of drug-likeness (QED) is 0.279. The van der Waals surface area contributed by atoms with Crippen LogP contribution in [0, 0.1) is 0 Å². The van der Waals surface area contributed by atoms with Gasteiger partial charge in [0.15, 0.2) is 0 Å². The zero-order valence-corrected chi connectivity index (χ0v) is 14.5. The van der Waals surface area contributed by atoms with Gasteiger partial charge in [-0.2, -0.15) is 0 Å². The van der Waals surface area contributed by atoms with Gasteiger partial charge in [-0.25, -0.2) is 0 Å². The predicted molar refractivity (Wildman–Crippen MR) is 67.2 cm³/mol. The van der Waals surface area contributed by atoms with Gasteiger partial charge in [-0.05, 0) is 0 Å². The van der Waals surface area contributed by atoms with Crippen LogP contribution in [0.3, 0.4) is 0 Å². The number of alkyl halides is 5. The first-order valence-corrected chi connectivity index (χ1v) is 17.2. The van der Waals surface area contributed by atoms with Crippen molar-refractivity contribution in [3.8, 4) is 0 Å². The fraction of sp³-hybridized carbons (Fsp3) is 0.900. The van der Waals surface area contributed by atoms with Crippen LogP contribution in [0.25, 0.3) is 0 Å². The van der Waals surface area contributed by atoms with Gasteiger partial charge in [0.05, 0.1) is 0 Å². The summed E-state index contributed by atoms with van der Waals surface area (Å²) in [6, 6.07) is -0.402. The number of fused-ring (bicyclic) bond motifs is 2. The van der Waals surface area contributed by atoms with Crippen molar-refractivity contribution >= 4 is 22.0 Å². The fourth-order valence-electron chi connectivity index (χ4n) is 2.61. The molecule has 2 saturated heterocycles. The van der Waals surface area contributed by atoms with Gasteiger partial charge >= 0.3 is 119 Å². The Hall–Kier alpha value is 0.680. The van der Waals surface area contributed by atoms with Crippen molar-refractivity contribution in [2.24, 2.45) is 0 Å². The third-order valence-electron chi connectivity index (χ3n) is 3.45. The van der Waals surface area contributed by atoms with Crippen molar-refractivity contribution in [3.05, 3.63) is 0 Å². The Kier molecular flexibility index (Phi) is 4.68. The molecule has 2 unspecified atom stereocenters. The van der Waals surface area contributed by atoms with Crippen molar-refractivity contribution in [2.75, 3.05) is 23.0 Å². The fourth-order valence-corrected chi connectivity index (χ4v) is 10.6. The molecule has 1 amide bonds. The van der Waals surface area contributed by atoms with E-state index in [1.807, 2.05) is 0 Å². The van der Waals surface area contributed by atoms with Crippen LogP contribution in [0.1, 0.15) is 12.8 Å². The Morgan fingerprint density at radius 1 is 1.28 bits per heavy atom. The van der Waals surface area contributed by atoms with Crippen molar-refractivity contribution in [3.63, 3.8) is 0 Å². The summed E-state index contributed by atoms with van der Waals surface area (Å²) < 4.78 is 40.0. The number of amides is 1. The number of rotatable bonds is 2. The molecule has 2 fully saturated rings. The summed E-state index contributed by atoms with van der Waals surface area (Å²) in [5.74, 6) is -1.63. The van der Waals surface area contributed by atoms with Gasteiger partial charge in [-0.1, -0.05) is 0 Å². The van der Waals surface area contributed by atoms with E-state index in [-0.39, 0.29) is 29.3 Å². The summed E-state index contributed by atoms with van der Waals surface area (Å²) >= 11 is -0.838. The molecular weight excluding hydrogens is 475 g/mol. The Balaban J connectivity index is 2.09. The van der Waals surface area contributed by atoms with Gasteiger partial charge < -0.3 is 0 Å². The van der Waals surface area contributed by atoms with E-state index in [9.17, 15) is 18.0 Å². The maximum absolute atomic E-state index is 12.5. The average Bonchev–Trinajstić information content (AvgIpc) is 2.55. The van der Waals surface area contributed by atoms with Crippen LogP contribution >= 0.6 is 16.1 Å². The third kappa shape index (κ3) is 2.89. The van der Waals surface area contributed by atoms with E-state index in [2.05, 4.69) is 13.0 Å². The number of halogens is 5. The van der Waals surface area contributed by atoms with Crippen LogP contribution in [-0.4, -0.2) is 55.1 Å². The first-order valence-electron chi connectivity index (χ1n) is 5.59. The zero-order valence-electron chi connectivity index (χ0n) is 10.2. The number of carbonyl (C=O) groups excluding carboxylic acids is 1. The molecule has 3 nitrogen and oxygen atoms in total. The van der Waals surface area contributed by atoms with E-state index in [1.165, 1.54) is 0 Å². The Morgan fingerprint density at radius 2 is 1.78 bits per heavy atom. The van der Waals surface area contributed by atoms with E-state index >= 15 is 0 Å². The molecule has 0 aliphatic carbocycles. The molecule has 2 rings (SSSR count). The number of hydrogen-bond acceptors (Lipinski definition) is 2. The molecule has 8 heteroatoms. The molecule has 2 heterocycles. The third-order valence-corrected chi connectivity index (χ3v) is 18.7. The standard InChI is InChI=1S/C10H16F3I2N2O/c1-14-15(2)16-5-7-3-4-8(6-16)17(7)9(18)10(11,12)13/h7-8H,3-6H2,1-2H3/q-1. The topological polar surface area (TPSA) is 23.6 Å². The zero-order chi connectivity index (χ0) is 13.5. The number of piperazine rings is 1. The maximum atomic E-state index is 12.5. The van der Waals surface area contributed by atoms with E-state index in [1.54, 1.807) is 0 Å². The molecule has 108 valence electrons. The molecule has 0 aromatic heterocycles. The molecule has 18 heavy (non-hydrogen) atoms. The van der Waals surface area contributed by atoms with Gasteiger partial charge in [-0.15, -0.1) is 0 Å². The van der Waals surface area contributed by atoms with E-state index < -0.39 is 28.2 Å². The summed E-state index contributed by atoms with van der Waals surface area (Å²) in [5, 5.41) is 0. The molecule has 0 aromatic rings. The Bertz CT molecular complexity index is 326. The predicted octanol–water partition coefficient (Wildman–Crippen LogP) is -1.09. The normalized spacial score (nSPS) is 29.8. The SMILES string of the molecule is C[I-]I(C)N1CC2CCC(C1)N2C(=O)C(F)(F)F. The molecule has 0 radical (unpaired) electrons. The number of hydrogen-bond donors (Lipinski definition) is 0. The van der Waals surface area contributed by atoms with E-state index in [0.717, 1.165) is 17.7 Å². The van der Waals surface area contributed by atoms with Crippen molar-refractivity contribution in [1.29, 1.82) is 0 Å². The molecule has 2 aliphatic rings. The van der Waals surface area contributed by atoms with Crippen LogP contribution in [0.15, 0.2) is 0 Å². The molecule has 2 aliphatic heterocycles. The second kappa shape index (κ2) is 5.58. The minimum absolute atomic E-state index is 0.201. The molecule has 0 spiro atoms. The molecule has 2 bridgehead atoms. The van der Waals surface area contributed by atoms with Crippen LogP contribution in [-0.2, 0) is 4.79 Å². The van der Waals surface area contributed by atoms with Crippen LogP contribution in [0.5, 0.6) is 0 Å². The van der Waals surface area contributed by atoms with Crippen LogP contribution in [0.4, 0.5) is 13.2 Å². The van der Waals surface area contributed by atoms with Crippen molar-refractivity contribution < 1.29 is 35.2 Å². The van der Waals surface area contributed by atoms with E-state index in [4.69, 9.17) is 0 Å². The second-order valence-corrected chi connectivity index (χ2v) is 22.2. The average molecular weight is 491 g/mol. The molecule has 2 atom stereocenters. The summed E-state index contributed by atoms with van der Waals surface area (Å²) in [4.78, 5) is 17.1. The van der Waals surface area contributed by atoms with Crippen LogP contribution < -0.4 is 17.2 Å². The first-order chi connectivity index (χ1) is 8.34. The van der Waals surface area contributed by atoms with Gasteiger partial charge in [0.1, 0.15) is 0 Å². The summed E-state index contributed by atoms with van der Waals surface area (Å²) in [6.07, 6.45) is -3.25. The Labute approximate surface area is 118 Å². The minimum atomic E-state index is -4.72. The molecule has 0 saturated carbocycles. The molecule has 0 aromatic carbocycles. The van der Waals surface area contributed by atoms with Crippen molar-refractivity contribution in [2.45, 2.75) is 31.1 Å². The first kappa shape index (κ1) is 15.1. The Morgan fingerprint density at radius 3 is 2.17 bits per heavy atom. The van der Waals surface area contributed by atoms with Crippen LogP contribution in [0.2, 0.25) is 0 Å². The second-order valence-electron chi connectivity index (χ2n) is 4.44. The van der Waals surface area contributed by atoms with Gasteiger partial charge in [-0.3, -0.25) is 0 Å². The summed E-state index contributed by atoms with van der Waals surface area (Å²) in [7, 11) is 0. The van der Waals surface area contributed by atoms with Gasteiger partial charge in [0, 0.05) is 0 Å². The number of carbonyl (C=O) groups is 1. The number of nitrogens with zero attached hydrogens (tertiary/aromatic N) is 2. The van der Waals surface area contributed by atoms with Gasteiger partial charge in [0.25, 0.3) is 0 Å². The molecule has 0 N–H and O–H groups in total. The van der Waals surface area contributed by atoms with Crippen molar-refractivity contribution in [1.82, 2.24) is 8.01 Å². The van der Waals surface area contributed by atoms with Gasteiger partial charge in [0.2, 0.25) is 0 Å². The monoisotopic (exact) mass is 491 g/mol. The summed E-state index contributed by atoms with van der Waals surface area (Å²) in [5.41, 5.74) is 0. The summed E-state index contributed by atoms with van der Waals surface area (Å²) in [6.45, 7) is 1.35. The molecular formula is C10H16F3I2N2O-. The van der Waals surface area contributed by atoms with E-state index in [0.29, 0.717) is 13.1 Å².